The number of carbonyl (C=O) groups is 1. The molecule has 1 aliphatic rings. The van der Waals surface area contributed by atoms with E-state index in [0.29, 0.717) is 12.2 Å². The fourth-order valence-corrected chi connectivity index (χ4v) is 0.996. The summed E-state index contributed by atoms with van der Waals surface area (Å²) in [5.41, 5.74) is 0.938. The molecule has 0 unspecified atom stereocenters. The summed E-state index contributed by atoms with van der Waals surface area (Å²) in [5.74, 6) is 0.407. The van der Waals surface area contributed by atoms with Gasteiger partial charge < -0.3 is 4.74 Å². The molecular formula is C8H5O2. The summed E-state index contributed by atoms with van der Waals surface area (Å²) in [6, 6.07) is 8.29. The summed E-state index contributed by atoms with van der Waals surface area (Å²) in [4.78, 5) is 10.7. The van der Waals surface area contributed by atoms with E-state index >= 15 is 0 Å². The molecule has 0 bridgehead atoms. The van der Waals surface area contributed by atoms with Crippen LogP contribution in [0.25, 0.3) is 0 Å². The Balaban J connectivity index is 2.51. The number of hydrogen-bond acceptors (Lipinski definition) is 2. The maximum atomic E-state index is 10.7. The molecule has 0 saturated heterocycles. The summed E-state index contributed by atoms with van der Waals surface area (Å²) in [5, 5.41) is 0. The number of benzene rings is 1. The molecule has 0 atom stereocenters. The van der Waals surface area contributed by atoms with Gasteiger partial charge >= 0.3 is 5.97 Å². The maximum absolute atomic E-state index is 10.7. The van der Waals surface area contributed by atoms with Crippen molar-refractivity contribution in [2.24, 2.45) is 0 Å². The van der Waals surface area contributed by atoms with Crippen molar-refractivity contribution in [1.29, 1.82) is 0 Å². The highest BCUT2D eigenvalue weighted by atomic mass is 16.5. The second-order valence-corrected chi connectivity index (χ2v) is 2.18. The molecule has 2 heteroatoms. The average Bonchev–Trinajstić information content (AvgIpc) is 2.27. The summed E-state index contributed by atoms with van der Waals surface area (Å²) in [6.07, 6.45) is 0.396. The summed E-state index contributed by atoms with van der Waals surface area (Å²) in [6.45, 7) is 0. The molecule has 1 aromatic carbocycles. The largest absolute Gasteiger partial charge is 0.425 e. The van der Waals surface area contributed by atoms with Crippen molar-refractivity contribution in [3.63, 3.8) is 0 Å². The van der Waals surface area contributed by atoms with Crippen LogP contribution in [0, 0.1) is 6.07 Å². The van der Waals surface area contributed by atoms with Crippen molar-refractivity contribution in [2.75, 3.05) is 0 Å². The Morgan fingerprint density at radius 3 is 3.30 bits per heavy atom. The van der Waals surface area contributed by atoms with Crippen LogP contribution in [-0.2, 0) is 11.2 Å². The van der Waals surface area contributed by atoms with Gasteiger partial charge in [-0.05, 0) is 0 Å². The standard InChI is InChI=1S/C8H5O2/c9-8-5-6-3-1-2-4-7(6)10-8/h1-3H,5H2. The van der Waals surface area contributed by atoms with Crippen LogP contribution in [0.15, 0.2) is 18.2 Å². The maximum Gasteiger partial charge on any atom is 0.315 e. The number of fused-ring (bicyclic) bond motifs is 1. The molecule has 1 aromatic rings. The second-order valence-electron chi connectivity index (χ2n) is 2.18. The Morgan fingerprint density at radius 1 is 1.60 bits per heavy atom. The quantitative estimate of drug-likeness (QED) is 0.389. The van der Waals surface area contributed by atoms with Crippen LogP contribution in [0.4, 0.5) is 0 Å². The summed E-state index contributed by atoms with van der Waals surface area (Å²) >= 11 is 0. The van der Waals surface area contributed by atoms with Crippen molar-refractivity contribution >= 4 is 5.97 Å². The van der Waals surface area contributed by atoms with Crippen LogP contribution in [0.1, 0.15) is 5.56 Å². The van der Waals surface area contributed by atoms with Gasteiger partial charge in [-0.1, -0.05) is 18.2 Å². The van der Waals surface area contributed by atoms with Crippen LogP contribution in [0.2, 0.25) is 0 Å². The van der Waals surface area contributed by atoms with Gasteiger partial charge in [0.25, 0.3) is 0 Å². The SMILES string of the molecule is O=C1Cc2ccc[c]c2O1. The number of esters is 1. The van der Waals surface area contributed by atoms with Crippen LogP contribution < -0.4 is 4.74 Å². The van der Waals surface area contributed by atoms with E-state index in [4.69, 9.17) is 4.74 Å². The molecule has 49 valence electrons. The van der Waals surface area contributed by atoms with Crippen molar-refractivity contribution in [2.45, 2.75) is 6.42 Å². The molecule has 0 N–H and O–H groups in total. The van der Waals surface area contributed by atoms with E-state index in [1.165, 1.54) is 0 Å². The minimum atomic E-state index is -0.183. The smallest absolute Gasteiger partial charge is 0.315 e. The van der Waals surface area contributed by atoms with Gasteiger partial charge in [-0.3, -0.25) is 4.79 Å². The number of hydrogen-bond donors (Lipinski definition) is 0. The van der Waals surface area contributed by atoms with Gasteiger partial charge in [-0.2, -0.15) is 0 Å². The average molecular weight is 133 g/mol. The molecule has 1 aliphatic heterocycles. The van der Waals surface area contributed by atoms with Gasteiger partial charge in [0.1, 0.15) is 5.75 Å². The molecule has 1 heterocycles. The molecule has 0 aliphatic carbocycles. The van der Waals surface area contributed by atoms with E-state index in [0.717, 1.165) is 5.56 Å². The number of ether oxygens (including phenoxy) is 1. The fraction of sp³-hybridized carbons (Fsp3) is 0.125. The van der Waals surface area contributed by atoms with Crippen LogP contribution in [0.5, 0.6) is 5.75 Å². The zero-order valence-electron chi connectivity index (χ0n) is 5.26. The van der Waals surface area contributed by atoms with Gasteiger partial charge in [0.05, 0.1) is 6.42 Å². The zero-order valence-corrected chi connectivity index (χ0v) is 5.26. The van der Waals surface area contributed by atoms with E-state index in [1.54, 1.807) is 6.07 Å². The third-order valence-corrected chi connectivity index (χ3v) is 1.45. The summed E-state index contributed by atoms with van der Waals surface area (Å²) in [7, 11) is 0. The Bertz CT molecular complexity index is 251. The van der Waals surface area contributed by atoms with Gasteiger partial charge in [0.2, 0.25) is 0 Å². The van der Waals surface area contributed by atoms with Gasteiger partial charge in [0, 0.05) is 11.6 Å². The first-order valence-electron chi connectivity index (χ1n) is 3.06. The molecule has 1 radical (unpaired) electrons. The molecular weight excluding hydrogens is 128 g/mol. The van der Waals surface area contributed by atoms with Gasteiger partial charge in [0.15, 0.2) is 0 Å². The first kappa shape index (κ1) is 5.47. The second kappa shape index (κ2) is 1.84. The van der Waals surface area contributed by atoms with E-state index in [2.05, 4.69) is 6.07 Å². The predicted octanol–water partition coefficient (Wildman–Crippen LogP) is 0.948. The lowest BCUT2D eigenvalue weighted by atomic mass is 10.2. The van der Waals surface area contributed by atoms with E-state index in [9.17, 15) is 4.79 Å². The molecule has 0 saturated carbocycles. The molecule has 0 fully saturated rings. The first-order chi connectivity index (χ1) is 4.86. The van der Waals surface area contributed by atoms with E-state index < -0.39 is 0 Å². The number of rotatable bonds is 0. The van der Waals surface area contributed by atoms with Crippen molar-refractivity contribution in [3.05, 3.63) is 29.8 Å². The minimum absolute atomic E-state index is 0.183. The molecule has 0 spiro atoms. The van der Waals surface area contributed by atoms with Crippen LogP contribution in [-0.4, -0.2) is 5.97 Å². The van der Waals surface area contributed by atoms with Crippen molar-refractivity contribution < 1.29 is 9.53 Å². The lowest BCUT2D eigenvalue weighted by molar-refractivity contribution is -0.131. The van der Waals surface area contributed by atoms with E-state index in [-0.39, 0.29) is 5.97 Å². The molecule has 10 heavy (non-hydrogen) atoms. The highest BCUT2D eigenvalue weighted by Crippen LogP contribution is 2.23. The first-order valence-corrected chi connectivity index (χ1v) is 3.06. The molecule has 0 amide bonds. The van der Waals surface area contributed by atoms with Gasteiger partial charge in [-0.25, -0.2) is 0 Å². The topological polar surface area (TPSA) is 26.3 Å². The number of para-hydroxylation sites is 1. The van der Waals surface area contributed by atoms with Crippen molar-refractivity contribution in [1.82, 2.24) is 0 Å². The van der Waals surface area contributed by atoms with Gasteiger partial charge in [-0.15, -0.1) is 0 Å². The predicted molar refractivity (Wildman–Crippen MR) is 34.6 cm³/mol. The normalized spacial score (nSPS) is 14.6. The van der Waals surface area contributed by atoms with E-state index in [1.807, 2.05) is 12.1 Å². The Hall–Kier alpha value is -1.31. The molecule has 2 nitrogen and oxygen atoms in total. The monoisotopic (exact) mass is 133 g/mol. The van der Waals surface area contributed by atoms with Crippen LogP contribution >= 0.6 is 0 Å². The lowest BCUT2D eigenvalue weighted by Gasteiger charge is -1.91. The fourth-order valence-electron chi connectivity index (χ4n) is 0.996. The third-order valence-electron chi connectivity index (χ3n) is 1.45. The Kier molecular flexibility index (Phi) is 1.01. The molecule has 2 rings (SSSR count). The highest BCUT2D eigenvalue weighted by Gasteiger charge is 2.18. The van der Waals surface area contributed by atoms with Crippen LogP contribution in [0.3, 0.4) is 0 Å². The minimum Gasteiger partial charge on any atom is -0.425 e. The summed E-state index contributed by atoms with van der Waals surface area (Å²) < 4.78 is 4.81. The molecule has 0 aromatic heterocycles. The highest BCUT2D eigenvalue weighted by molar-refractivity contribution is 5.80. The zero-order chi connectivity index (χ0) is 6.97. The van der Waals surface area contributed by atoms with Crippen molar-refractivity contribution in [3.8, 4) is 5.75 Å². The lowest BCUT2D eigenvalue weighted by Crippen LogP contribution is -2.00. The third kappa shape index (κ3) is 0.692. The Labute approximate surface area is 58.4 Å². The number of carbonyl (C=O) groups excluding carboxylic acids is 1. The Morgan fingerprint density at radius 2 is 2.50 bits per heavy atom.